The van der Waals surface area contributed by atoms with Crippen LogP contribution >= 0.6 is 0 Å². The molecule has 0 aliphatic heterocycles. The molecule has 0 saturated heterocycles. The topological polar surface area (TPSA) is 85.1 Å². The van der Waals surface area contributed by atoms with E-state index in [-0.39, 0.29) is 5.75 Å². The number of para-hydroxylation sites is 1. The number of quaternary nitrogens is 1. The summed E-state index contributed by atoms with van der Waals surface area (Å²) in [6.45, 7) is 6.67. The molecule has 0 aliphatic carbocycles. The van der Waals surface area contributed by atoms with Crippen LogP contribution in [0, 0.1) is 0 Å². The molecule has 0 saturated carbocycles. The van der Waals surface area contributed by atoms with E-state index in [1.54, 1.807) is 30.3 Å². The number of phenolic OH excluding ortho intramolecular Hbond substituents is 1. The molecule has 2 heterocycles. The number of benzene rings is 2. The van der Waals surface area contributed by atoms with Crippen LogP contribution in [0.2, 0.25) is 0 Å². The van der Waals surface area contributed by atoms with Gasteiger partial charge in [0.1, 0.15) is 17.9 Å². The number of hydrogen-bond acceptors (Lipinski definition) is 5. The fraction of sp³-hybridized carbons (Fsp3) is 0.280. The highest BCUT2D eigenvalue weighted by Gasteiger charge is 2.20. The average molecular weight is 420 g/mol. The van der Waals surface area contributed by atoms with E-state index in [2.05, 4.69) is 13.8 Å². The molecule has 160 valence electrons. The first kappa shape index (κ1) is 20.9. The van der Waals surface area contributed by atoms with E-state index in [0.29, 0.717) is 39.8 Å². The van der Waals surface area contributed by atoms with E-state index in [9.17, 15) is 14.7 Å². The van der Waals surface area contributed by atoms with E-state index >= 15 is 0 Å². The van der Waals surface area contributed by atoms with Crippen molar-refractivity contribution in [3.8, 4) is 16.9 Å². The number of phenols is 1. The van der Waals surface area contributed by atoms with Gasteiger partial charge in [0, 0.05) is 22.4 Å². The molecule has 0 atom stereocenters. The number of fused-ring (bicyclic) bond motifs is 2. The van der Waals surface area contributed by atoms with Crippen molar-refractivity contribution in [3.05, 3.63) is 74.9 Å². The molecule has 0 spiro atoms. The smallest absolute Gasteiger partial charge is 0.344 e. The van der Waals surface area contributed by atoms with E-state index < -0.39 is 11.3 Å². The van der Waals surface area contributed by atoms with Gasteiger partial charge in [0.25, 0.3) is 0 Å². The summed E-state index contributed by atoms with van der Waals surface area (Å²) in [6.07, 6.45) is 2.02. The highest BCUT2D eigenvalue weighted by Crippen LogP contribution is 2.32. The lowest BCUT2D eigenvalue weighted by molar-refractivity contribution is -0.913. The quantitative estimate of drug-likeness (QED) is 0.447. The van der Waals surface area contributed by atoms with Crippen LogP contribution in [0.1, 0.15) is 32.3 Å². The van der Waals surface area contributed by atoms with Gasteiger partial charge in [-0.2, -0.15) is 0 Å². The van der Waals surface area contributed by atoms with E-state index in [0.717, 1.165) is 31.3 Å². The zero-order valence-electron chi connectivity index (χ0n) is 17.7. The van der Waals surface area contributed by atoms with Gasteiger partial charge >= 0.3 is 11.3 Å². The first-order chi connectivity index (χ1) is 15.0. The van der Waals surface area contributed by atoms with Gasteiger partial charge in [-0.1, -0.05) is 32.0 Å². The monoisotopic (exact) mass is 420 g/mol. The van der Waals surface area contributed by atoms with E-state index in [1.165, 1.54) is 11.0 Å². The third kappa shape index (κ3) is 4.11. The average Bonchev–Trinajstić information content (AvgIpc) is 2.75. The highest BCUT2D eigenvalue weighted by atomic mass is 16.4. The second-order valence-electron chi connectivity index (χ2n) is 7.83. The summed E-state index contributed by atoms with van der Waals surface area (Å²) in [4.78, 5) is 26.5. The molecule has 6 nitrogen and oxygen atoms in total. The zero-order valence-corrected chi connectivity index (χ0v) is 17.7. The summed E-state index contributed by atoms with van der Waals surface area (Å²) < 4.78 is 11.0. The van der Waals surface area contributed by atoms with Crippen molar-refractivity contribution >= 4 is 21.9 Å². The molecule has 6 heteroatoms. The standard InChI is InChI=1S/C25H25NO5/c1-3-11-26(12-4-2)15-20-21(27)10-9-17-18(14-23(28)31-24(17)20)19-13-16-7-5-6-8-22(16)30-25(19)29/h5-10,13-14,27H,3-4,11-12,15H2,1-2H3/p+1. The fourth-order valence-electron chi connectivity index (χ4n) is 4.17. The molecule has 0 radical (unpaired) electrons. The Morgan fingerprint density at radius 2 is 1.65 bits per heavy atom. The molecule has 4 rings (SSSR count). The predicted molar refractivity (Wildman–Crippen MR) is 121 cm³/mol. The summed E-state index contributed by atoms with van der Waals surface area (Å²) in [5.41, 5.74) is 1.02. The van der Waals surface area contributed by atoms with Crippen molar-refractivity contribution in [2.45, 2.75) is 33.2 Å². The first-order valence-electron chi connectivity index (χ1n) is 10.7. The van der Waals surface area contributed by atoms with Gasteiger partial charge < -0.3 is 18.8 Å². The third-order valence-corrected chi connectivity index (χ3v) is 5.56. The largest absolute Gasteiger partial charge is 0.507 e. The minimum absolute atomic E-state index is 0.0862. The lowest BCUT2D eigenvalue weighted by Gasteiger charge is -2.19. The minimum Gasteiger partial charge on any atom is -0.507 e. The summed E-state index contributed by atoms with van der Waals surface area (Å²) in [5.74, 6) is 0.0862. The van der Waals surface area contributed by atoms with Gasteiger partial charge in [0.2, 0.25) is 0 Å². The summed E-state index contributed by atoms with van der Waals surface area (Å²) in [5, 5.41) is 11.9. The van der Waals surface area contributed by atoms with Crippen LogP contribution in [-0.2, 0) is 6.54 Å². The Hall–Kier alpha value is -3.38. The Morgan fingerprint density at radius 3 is 2.39 bits per heavy atom. The lowest BCUT2D eigenvalue weighted by atomic mass is 9.99. The van der Waals surface area contributed by atoms with Crippen molar-refractivity contribution in [2.24, 2.45) is 0 Å². The van der Waals surface area contributed by atoms with Gasteiger partial charge in [-0.05, 0) is 37.1 Å². The number of hydrogen-bond donors (Lipinski definition) is 2. The number of rotatable bonds is 7. The highest BCUT2D eigenvalue weighted by molar-refractivity contribution is 5.96. The minimum atomic E-state index is -0.575. The molecule has 0 amide bonds. The van der Waals surface area contributed by atoms with Crippen LogP contribution in [0.3, 0.4) is 0 Å². The molecule has 0 unspecified atom stereocenters. The maximum absolute atomic E-state index is 12.7. The van der Waals surface area contributed by atoms with E-state index in [4.69, 9.17) is 8.83 Å². The Bertz CT molecular complexity index is 1350. The molecule has 2 N–H and O–H groups in total. The fourth-order valence-corrected chi connectivity index (χ4v) is 4.17. The van der Waals surface area contributed by atoms with Crippen LogP contribution in [0.25, 0.3) is 33.1 Å². The molecule has 2 aromatic carbocycles. The summed E-state index contributed by atoms with van der Waals surface area (Å²) >= 11 is 0. The lowest BCUT2D eigenvalue weighted by Crippen LogP contribution is -3.10. The van der Waals surface area contributed by atoms with Gasteiger partial charge in [-0.25, -0.2) is 9.59 Å². The van der Waals surface area contributed by atoms with Crippen molar-refractivity contribution in [2.75, 3.05) is 13.1 Å². The Kier molecular flexibility index (Phi) is 5.91. The van der Waals surface area contributed by atoms with Crippen LogP contribution in [-0.4, -0.2) is 18.2 Å². The van der Waals surface area contributed by atoms with Crippen molar-refractivity contribution in [3.63, 3.8) is 0 Å². The summed E-state index contributed by atoms with van der Waals surface area (Å²) in [6, 6.07) is 13.6. The van der Waals surface area contributed by atoms with Crippen LogP contribution in [0.5, 0.6) is 5.75 Å². The van der Waals surface area contributed by atoms with Crippen molar-refractivity contribution in [1.29, 1.82) is 0 Å². The SMILES string of the molecule is CCC[NH+](CCC)Cc1c(O)ccc2c(-c3cc4ccccc4oc3=O)cc(=O)oc12. The zero-order chi connectivity index (χ0) is 22.0. The van der Waals surface area contributed by atoms with E-state index in [1.807, 2.05) is 12.1 Å². The van der Waals surface area contributed by atoms with Gasteiger partial charge in [-0.15, -0.1) is 0 Å². The third-order valence-electron chi connectivity index (χ3n) is 5.56. The van der Waals surface area contributed by atoms with Crippen molar-refractivity contribution in [1.82, 2.24) is 0 Å². The Balaban J connectivity index is 1.94. The first-order valence-corrected chi connectivity index (χ1v) is 10.7. The van der Waals surface area contributed by atoms with Gasteiger partial charge in [0.05, 0.1) is 24.2 Å². The van der Waals surface area contributed by atoms with Crippen molar-refractivity contribution < 1.29 is 18.8 Å². The van der Waals surface area contributed by atoms with Crippen LogP contribution < -0.4 is 16.2 Å². The molecule has 31 heavy (non-hydrogen) atoms. The molecule has 2 aromatic heterocycles. The predicted octanol–water partition coefficient (Wildman–Crippen LogP) is 3.48. The number of nitrogens with one attached hydrogen (secondary N) is 1. The molecule has 0 fully saturated rings. The van der Waals surface area contributed by atoms with Gasteiger partial charge in [-0.3, -0.25) is 0 Å². The molecule has 0 aliphatic rings. The van der Waals surface area contributed by atoms with Crippen LogP contribution in [0.15, 0.2) is 67.0 Å². The summed E-state index contributed by atoms with van der Waals surface area (Å²) in [7, 11) is 0. The molecule has 0 bridgehead atoms. The number of aromatic hydroxyl groups is 1. The maximum Gasteiger partial charge on any atom is 0.344 e. The normalized spacial score (nSPS) is 11.6. The second kappa shape index (κ2) is 8.78. The Labute approximate surface area is 179 Å². The molecular formula is C25H26NO5+. The van der Waals surface area contributed by atoms with Gasteiger partial charge in [0.15, 0.2) is 5.58 Å². The Morgan fingerprint density at radius 1 is 0.903 bits per heavy atom. The second-order valence-corrected chi connectivity index (χ2v) is 7.83. The van der Waals surface area contributed by atoms with Crippen LogP contribution in [0.4, 0.5) is 0 Å². The molecular weight excluding hydrogens is 394 g/mol. The maximum atomic E-state index is 12.7. The molecule has 4 aromatic rings.